The van der Waals surface area contributed by atoms with Gasteiger partial charge in [0.1, 0.15) is 0 Å². The fraction of sp³-hybridized carbons (Fsp3) is 0.917. The van der Waals surface area contributed by atoms with Crippen LogP contribution in [0.1, 0.15) is 25.7 Å². The van der Waals surface area contributed by atoms with Gasteiger partial charge < -0.3 is 9.84 Å². The van der Waals surface area contributed by atoms with Gasteiger partial charge in [-0.15, -0.1) is 0 Å². The van der Waals surface area contributed by atoms with Gasteiger partial charge in [0.15, 0.2) is 0 Å². The van der Waals surface area contributed by atoms with Gasteiger partial charge in [0.05, 0.1) is 12.5 Å². The third-order valence-corrected chi connectivity index (χ3v) is 4.49. The van der Waals surface area contributed by atoms with Crippen LogP contribution in [0.3, 0.4) is 0 Å². The van der Waals surface area contributed by atoms with Gasteiger partial charge in [-0.3, -0.25) is 9.69 Å². The molecule has 3 rings (SSSR count). The van der Waals surface area contributed by atoms with Crippen LogP contribution in [0.4, 0.5) is 0 Å². The van der Waals surface area contributed by atoms with Crippen LogP contribution in [0.2, 0.25) is 0 Å². The molecule has 90 valence electrons. The average Bonchev–Trinajstić information content (AvgIpc) is 2.96. The molecule has 3 aliphatic rings. The van der Waals surface area contributed by atoms with Crippen molar-refractivity contribution in [3.05, 3.63) is 0 Å². The summed E-state index contributed by atoms with van der Waals surface area (Å²) in [6.07, 6.45) is 4.29. The quantitative estimate of drug-likeness (QED) is 0.777. The lowest BCUT2D eigenvalue weighted by Crippen LogP contribution is -2.36. The third-order valence-electron chi connectivity index (χ3n) is 4.49. The number of carboxylic acid groups (broad SMARTS) is 1. The summed E-state index contributed by atoms with van der Waals surface area (Å²) in [4.78, 5) is 13.6. The maximum absolute atomic E-state index is 11.1. The van der Waals surface area contributed by atoms with Crippen LogP contribution in [0, 0.1) is 11.8 Å². The van der Waals surface area contributed by atoms with E-state index in [2.05, 4.69) is 4.90 Å². The van der Waals surface area contributed by atoms with E-state index in [1.165, 1.54) is 6.42 Å². The highest BCUT2D eigenvalue weighted by molar-refractivity contribution is 5.71. The summed E-state index contributed by atoms with van der Waals surface area (Å²) < 4.78 is 5.39. The predicted molar refractivity (Wildman–Crippen MR) is 58.2 cm³/mol. The Hall–Kier alpha value is -0.610. The third kappa shape index (κ3) is 1.64. The molecule has 3 saturated heterocycles. The Balaban J connectivity index is 1.65. The standard InChI is InChI=1S/C12H19NO3/c14-12(15)10-5-9-1-2-11(10)13(9)6-8-3-4-16-7-8/h8-11H,1-7H2,(H,14,15). The lowest BCUT2D eigenvalue weighted by atomic mass is 9.89. The molecule has 4 heteroatoms. The summed E-state index contributed by atoms with van der Waals surface area (Å²) in [5, 5.41) is 9.16. The van der Waals surface area contributed by atoms with Crippen molar-refractivity contribution in [2.45, 2.75) is 37.8 Å². The molecule has 2 bridgehead atoms. The SMILES string of the molecule is O=C(O)C1CC2CCC1N2CC1CCOC1. The number of rotatable bonds is 3. The molecule has 3 heterocycles. The molecule has 4 unspecified atom stereocenters. The fourth-order valence-electron chi connectivity index (χ4n) is 3.68. The van der Waals surface area contributed by atoms with Crippen LogP contribution in [-0.4, -0.2) is 47.8 Å². The summed E-state index contributed by atoms with van der Waals surface area (Å²) in [5.41, 5.74) is 0. The van der Waals surface area contributed by atoms with Crippen LogP contribution in [0.25, 0.3) is 0 Å². The molecule has 0 radical (unpaired) electrons. The zero-order valence-corrected chi connectivity index (χ0v) is 9.47. The minimum atomic E-state index is -0.597. The van der Waals surface area contributed by atoms with E-state index >= 15 is 0 Å². The molecule has 3 aliphatic heterocycles. The molecule has 4 nitrogen and oxygen atoms in total. The van der Waals surface area contributed by atoms with Crippen molar-refractivity contribution < 1.29 is 14.6 Å². The molecule has 0 amide bonds. The second-order valence-electron chi connectivity index (χ2n) is 5.41. The molecule has 1 N–H and O–H groups in total. The van der Waals surface area contributed by atoms with Gasteiger partial charge in [-0.05, 0) is 31.6 Å². The molecule has 0 aromatic rings. The van der Waals surface area contributed by atoms with Crippen molar-refractivity contribution in [1.29, 1.82) is 0 Å². The number of aliphatic carboxylic acids is 1. The smallest absolute Gasteiger partial charge is 0.308 e. The van der Waals surface area contributed by atoms with E-state index < -0.39 is 5.97 Å². The Morgan fingerprint density at radius 1 is 1.38 bits per heavy atom. The highest BCUT2D eigenvalue weighted by Gasteiger charge is 2.49. The topological polar surface area (TPSA) is 49.8 Å². The molecule has 4 atom stereocenters. The Labute approximate surface area is 95.6 Å². The predicted octanol–water partition coefficient (Wildman–Crippen LogP) is 0.960. The molecule has 3 fully saturated rings. The van der Waals surface area contributed by atoms with Gasteiger partial charge >= 0.3 is 5.97 Å². The van der Waals surface area contributed by atoms with E-state index in [0.717, 1.165) is 39.0 Å². The van der Waals surface area contributed by atoms with E-state index in [4.69, 9.17) is 9.84 Å². The molecule has 0 aliphatic carbocycles. The number of hydrogen-bond acceptors (Lipinski definition) is 3. The Kier molecular flexibility index (Phi) is 2.64. The van der Waals surface area contributed by atoms with Crippen LogP contribution >= 0.6 is 0 Å². The molecule has 0 aromatic heterocycles. The largest absolute Gasteiger partial charge is 0.481 e. The number of nitrogens with zero attached hydrogens (tertiary/aromatic N) is 1. The monoisotopic (exact) mass is 225 g/mol. The first-order valence-electron chi connectivity index (χ1n) is 6.32. The maximum atomic E-state index is 11.1. The number of ether oxygens (including phenoxy) is 1. The first-order valence-corrected chi connectivity index (χ1v) is 6.32. The number of carbonyl (C=O) groups is 1. The van der Waals surface area contributed by atoms with E-state index in [-0.39, 0.29) is 5.92 Å². The molecule has 16 heavy (non-hydrogen) atoms. The Bertz CT molecular complexity index is 288. The molecular weight excluding hydrogens is 206 g/mol. The molecule has 0 spiro atoms. The van der Waals surface area contributed by atoms with E-state index in [9.17, 15) is 4.79 Å². The van der Waals surface area contributed by atoms with Crippen molar-refractivity contribution in [3.8, 4) is 0 Å². The highest BCUT2D eigenvalue weighted by atomic mass is 16.5. The normalized spacial score (nSPS) is 43.0. The van der Waals surface area contributed by atoms with Gasteiger partial charge in [-0.1, -0.05) is 0 Å². The van der Waals surface area contributed by atoms with Crippen LogP contribution in [0.5, 0.6) is 0 Å². The highest BCUT2D eigenvalue weighted by Crippen LogP contribution is 2.42. The minimum Gasteiger partial charge on any atom is -0.481 e. The number of hydrogen-bond donors (Lipinski definition) is 1. The van der Waals surface area contributed by atoms with Crippen molar-refractivity contribution in [2.24, 2.45) is 11.8 Å². The van der Waals surface area contributed by atoms with Crippen molar-refractivity contribution >= 4 is 5.97 Å². The Morgan fingerprint density at radius 2 is 2.25 bits per heavy atom. The van der Waals surface area contributed by atoms with Crippen LogP contribution in [0.15, 0.2) is 0 Å². The van der Waals surface area contributed by atoms with Crippen LogP contribution < -0.4 is 0 Å². The second kappa shape index (κ2) is 4.00. The first-order chi connectivity index (χ1) is 7.75. The lowest BCUT2D eigenvalue weighted by molar-refractivity contribution is -0.142. The van der Waals surface area contributed by atoms with Gasteiger partial charge in [-0.2, -0.15) is 0 Å². The van der Waals surface area contributed by atoms with Gasteiger partial charge in [0.2, 0.25) is 0 Å². The second-order valence-corrected chi connectivity index (χ2v) is 5.41. The van der Waals surface area contributed by atoms with E-state index in [1.54, 1.807) is 0 Å². The molecular formula is C12H19NO3. The fourth-order valence-corrected chi connectivity index (χ4v) is 3.68. The Morgan fingerprint density at radius 3 is 2.88 bits per heavy atom. The van der Waals surface area contributed by atoms with Gasteiger partial charge in [0, 0.05) is 25.2 Å². The number of carboxylic acids is 1. The molecule has 0 aromatic carbocycles. The zero-order chi connectivity index (χ0) is 11.1. The van der Waals surface area contributed by atoms with Crippen molar-refractivity contribution in [3.63, 3.8) is 0 Å². The maximum Gasteiger partial charge on any atom is 0.308 e. The van der Waals surface area contributed by atoms with Crippen LogP contribution in [-0.2, 0) is 9.53 Å². The summed E-state index contributed by atoms with van der Waals surface area (Å²) in [6.45, 7) is 2.81. The average molecular weight is 225 g/mol. The summed E-state index contributed by atoms with van der Waals surface area (Å²) in [6, 6.07) is 0.842. The zero-order valence-electron chi connectivity index (χ0n) is 9.47. The van der Waals surface area contributed by atoms with Crippen molar-refractivity contribution in [2.75, 3.05) is 19.8 Å². The minimum absolute atomic E-state index is 0.110. The van der Waals surface area contributed by atoms with Gasteiger partial charge in [0.25, 0.3) is 0 Å². The number of fused-ring (bicyclic) bond motifs is 2. The van der Waals surface area contributed by atoms with Crippen molar-refractivity contribution in [1.82, 2.24) is 4.90 Å². The van der Waals surface area contributed by atoms with E-state index in [0.29, 0.717) is 18.0 Å². The summed E-state index contributed by atoms with van der Waals surface area (Å²) in [7, 11) is 0. The summed E-state index contributed by atoms with van der Waals surface area (Å²) in [5.74, 6) is -0.0726. The first kappa shape index (κ1) is 10.5. The van der Waals surface area contributed by atoms with Gasteiger partial charge in [-0.25, -0.2) is 0 Å². The summed E-state index contributed by atoms with van der Waals surface area (Å²) >= 11 is 0. The lowest BCUT2D eigenvalue weighted by Gasteiger charge is -2.25. The molecule has 0 saturated carbocycles. The van der Waals surface area contributed by atoms with E-state index in [1.807, 2.05) is 0 Å².